The van der Waals surface area contributed by atoms with Crippen LogP contribution in [0, 0.1) is 0 Å². The summed E-state index contributed by atoms with van der Waals surface area (Å²) < 4.78 is 40.2. The number of carboxylic acid groups (broad SMARTS) is 1. The second-order valence-corrected chi connectivity index (χ2v) is 4.98. The predicted octanol–water partition coefficient (Wildman–Crippen LogP) is 4.02. The molecule has 0 saturated heterocycles. The van der Waals surface area contributed by atoms with Crippen molar-refractivity contribution in [2.45, 2.75) is 12.5 Å². The molecule has 0 spiro atoms. The second-order valence-electron chi connectivity index (χ2n) is 4.54. The summed E-state index contributed by atoms with van der Waals surface area (Å²) in [4.78, 5) is 11.0. The molecule has 122 valence electrons. The number of alkyl halides is 3. The van der Waals surface area contributed by atoms with Crippen molar-refractivity contribution in [1.29, 1.82) is 0 Å². The Morgan fingerprint density at radius 3 is 2.26 bits per heavy atom. The van der Waals surface area contributed by atoms with Gasteiger partial charge in [0.1, 0.15) is 5.75 Å². The first-order valence-corrected chi connectivity index (χ1v) is 6.61. The van der Waals surface area contributed by atoms with Gasteiger partial charge in [0.15, 0.2) is 6.10 Å². The number of aliphatic carboxylic acids is 1. The molecule has 4 nitrogen and oxygen atoms in total. The van der Waals surface area contributed by atoms with Crippen LogP contribution >= 0.6 is 11.6 Å². The van der Waals surface area contributed by atoms with Crippen molar-refractivity contribution < 1.29 is 32.9 Å². The lowest BCUT2D eigenvalue weighted by molar-refractivity contribution is -0.274. The van der Waals surface area contributed by atoms with E-state index in [0.717, 1.165) is 12.1 Å². The zero-order valence-corrected chi connectivity index (χ0v) is 12.1. The summed E-state index contributed by atoms with van der Waals surface area (Å²) in [6, 6.07) is 9.07. The SMILES string of the molecule is O=C(O)C(O)c1cc(Cl)ccc1-c1ccc(OC(F)(F)F)cc1. The largest absolute Gasteiger partial charge is 0.573 e. The molecule has 2 N–H and O–H groups in total. The van der Waals surface area contributed by atoms with Crippen LogP contribution in [-0.4, -0.2) is 22.5 Å². The molecule has 0 aliphatic heterocycles. The first-order valence-electron chi connectivity index (χ1n) is 6.24. The fourth-order valence-electron chi connectivity index (χ4n) is 1.99. The Hall–Kier alpha value is -2.25. The highest BCUT2D eigenvalue weighted by Gasteiger charge is 2.31. The van der Waals surface area contributed by atoms with Crippen molar-refractivity contribution in [2.24, 2.45) is 0 Å². The Morgan fingerprint density at radius 2 is 1.74 bits per heavy atom. The summed E-state index contributed by atoms with van der Waals surface area (Å²) in [6.07, 6.45) is -6.61. The highest BCUT2D eigenvalue weighted by atomic mass is 35.5. The molecule has 0 radical (unpaired) electrons. The number of benzene rings is 2. The monoisotopic (exact) mass is 346 g/mol. The number of aliphatic hydroxyl groups is 1. The van der Waals surface area contributed by atoms with Crippen LogP contribution in [0.3, 0.4) is 0 Å². The van der Waals surface area contributed by atoms with E-state index in [0.29, 0.717) is 11.1 Å². The molecule has 8 heteroatoms. The van der Waals surface area contributed by atoms with E-state index in [1.165, 1.54) is 30.3 Å². The van der Waals surface area contributed by atoms with Gasteiger partial charge in [-0.15, -0.1) is 13.2 Å². The number of carbonyl (C=O) groups is 1. The van der Waals surface area contributed by atoms with Crippen molar-refractivity contribution in [3.05, 3.63) is 53.1 Å². The number of hydrogen-bond acceptors (Lipinski definition) is 3. The van der Waals surface area contributed by atoms with Gasteiger partial charge in [-0.1, -0.05) is 29.8 Å². The third kappa shape index (κ3) is 4.37. The molecule has 23 heavy (non-hydrogen) atoms. The first-order chi connectivity index (χ1) is 10.7. The molecule has 0 aliphatic rings. The molecular weight excluding hydrogens is 337 g/mol. The molecule has 2 aromatic rings. The summed E-state index contributed by atoms with van der Waals surface area (Å²) in [5, 5.41) is 18.9. The Bertz CT molecular complexity index is 714. The smallest absolute Gasteiger partial charge is 0.479 e. The van der Waals surface area contributed by atoms with Crippen LogP contribution < -0.4 is 4.74 Å². The van der Waals surface area contributed by atoms with Gasteiger partial charge in [-0.25, -0.2) is 4.79 Å². The van der Waals surface area contributed by atoms with Crippen LogP contribution in [0.5, 0.6) is 5.75 Å². The third-order valence-electron chi connectivity index (χ3n) is 2.94. The van der Waals surface area contributed by atoms with Crippen LogP contribution in [0.4, 0.5) is 13.2 Å². The molecule has 0 saturated carbocycles. The summed E-state index contributed by atoms with van der Waals surface area (Å²) in [5.74, 6) is -1.87. The van der Waals surface area contributed by atoms with Crippen LogP contribution in [-0.2, 0) is 4.79 Å². The Morgan fingerprint density at radius 1 is 1.13 bits per heavy atom. The van der Waals surface area contributed by atoms with Gasteiger partial charge in [-0.3, -0.25) is 0 Å². The minimum atomic E-state index is -4.80. The van der Waals surface area contributed by atoms with Crippen molar-refractivity contribution >= 4 is 17.6 Å². The molecule has 0 amide bonds. The highest BCUT2D eigenvalue weighted by Crippen LogP contribution is 2.32. The molecule has 2 rings (SSSR count). The van der Waals surface area contributed by atoms with Crippen LogP contribution in [0.15, 0.2) is 42.5 Å². The van der Waals surface area contributed by atoms with E-state index in [1.54, 1.807) is 0 Å². The zero-order valence-electron chi connectivity index (χ0n) is 11.3. The molecule has 0 fully saturated rings. The van der Waals surface area contributed by atoms with Crippen molar-refractivity contribution in [1.82, 2.24) is 0 Å². The lowest BCUT2D eigenvalue weighted by Gasteiger charge is -2.14. The molecular formula is C15H10ClF3O4. The molecule has 0 aromatic heterocycles. The lowest BCUT2D eigenvalue weighted by Crippen LogP contribution is -2.17. The second kappa shape index (κ2) is 6.47. The number of hydrogen-bond donors (Lipinski definition) is 2. The third-order valence-corrected chi connectivity index (χ3v) is 3.18. The van der Waals surface area contributed by atoms with Crippen molar-refractivity contribution in [2.75, 3.05) is 0 Å². The minimum absolute atomic E-state index is 0.0366. The fraction of sp³-hybridized carbons (Fsp3) is 0.133. The van der Waals surface area contributed by atoms with Gasteiger partial charge < -0.3 is 14.9 Å². The molecule has 0 aliphatic carbocycles. The maximum Gasteiger partial charge on any atom is 0.573 e. The van der Waals surface area contributed by atoms with Gasteiger partial charge in [-0.2, -0.15) is 0 Å². The molecule has 0 heterocycles. The van der Waals surface area contributed by atoms with Crippen molar-refractivity contribution in [3.63, 3.8) is 0 Å². The summed E-state index contributed by atoms with van der Waals surface area (Å²) >= 11 is 5.80. The maximum absolute atomic E-state index is 12.1. The van der Waals surface area contributed by atoms with Crippen LogP contribution in [0.2, 0.25) is 5.02 Å². The average Bonchev–Trinajstić information content (AvgIpc) is 2.45. The maximum atomic E-state index is 12.1. The number of ether oxygens (including phenoxy) is 1. The van der Waals surface area contributed by atoms with E-state index >= 15 is 0 Å². The van der Waals surface area contributed by atoms with E-state index in [9.17, 15) is 23.1 Å². The zero-order chi connectivity index (χ0) is 17.2. The average molecular weight is 347 g/mol. The van der Waals surface area contributed by atoms with Crippen molar-refractivity contribution in [3.8, 4) is 16.9 Å². The Balaban J connectivity index is 2.40. The summed E-state index contributed by atoms with van der Waals surface area (Å²) in [7, 11) is 0. The molecule has 1 atom stereocenters. The first kappa shape index (κ1) is 17.1. The van der Waals surface area contributed by atoms with E-state index in [2.05, 4.69) is 4.74 Å². The highest BCUT2D eigenvalue weighted by molar-refractivity contribution is 6.30. The van der Waals surface area contributed by atoms with Crippen LogP contribution in [0.25, 0.3) is 11.1 Å². The summed E-state index contributed by atoms with van der Waals surface area (Å²) in [6.45, 7) is 0. The fourth-order valence-corrected chi connectivity index (χ4v) is 2.17. The lowest BCUT2D eigenvalue weighted by atomic mass is 9.96. The number of halogens is 4. The van der Waals surface area contributed by atoms with E-state index in [1.807, 2.05) is 0 Å². The normalized spacial score (nSPS) is 12.7. The minimum Gasteiger partial charge on any atom is -0.479 e. The number of aliphatic hydroxyl groups excluding tert-OH is 1. The number of carboxylic acids is 1. The van der Waals surface area contributed by atoms with E-state index in [-0.39, 0.29) is 10.6 Å². The van der Waals surface area contributed by atoms with Gasteiger partial charge in [0, 0.05) is 10.6 Å². The van der Waals surface area contributed by atoms with Gasteiger partial charge in [0.2, 0.25) is 0 Å². The van der Waals surface area contributed by atoms with E-state index < -0.39 is 24.2 Å². The summed E-state index contributed by atoms with van der Waals surface area (Å²) in [5.41, 5.74) is 0.781. The molecule has 0 bridgehead atoms. The van der Waals surface area contributed by atoms with Gasteiger partial charge in [0.05, 0.1) is 0 Å². The standard InChI is InChI=1S/C15H10ClF3O4/c16-9-3-6-11(12(7-9)13(20)14(21)22)8-1-4-10(5-2-8)23-15(17,18)19/h1-7,13,20H,(H,21,22). The Labute approximate surface area is 133 Å². The predicted molar refractivity (Wildman–Crippen MR) is 76.2 cm³/mol. The molecule has 2 aromatic carbocycles. The quantitative estimate of drug-likeness (QED) is 0.877. The molecule has 1 unspecified atom stereocenters. The van der Waals surface area contributed by atoms with Gasteiger partial charge in [-0.05, 0) is 35.4 Å². The Kier molecular flexibility index (Phi) is 4.82. The van der Waals surface area contributed by atoms with E-state index in [4.69, 9.17) is 16.7 Å². The topological polar surface area (TPSA) is 66.8 Å². The van der Waals surface area contributed by atoms with Crippen LogP contribution in [0.1, 0.15) is 11.7 Å². The van der Waals surface area contributed by atoms with Gasteiger partial charge in [0.25, 0.3) is 0 Å². The van der Waals surface area contributed by atoms with Gasteiger partial charge >= 0.3 is 12.3 Å². The number of rotatable bonds is 4.